The van der Waals surface area contributed by atoms with Gasteiger partial charge in [-0.15, -0.1) is 18.3 Å². The van der Waals surface area contributed by atoms with Crippen LogP contribution >= 0.6 is 0 Å². The van der Waals surface area contributed by atoms with Gasteiger partial charge in [0.2, 0.25) is 0 Å². The zero-order chi connectivity index (χ0) is 25.0. The molecule has 180 valence electrons. The molecule has 0 saturated carbocycles. The second-order valence-electron chi connectivity index (χ2n) is 7.16. The van der Waals surface area contributed by atoms with Crippen LogP contribution in [0.5, 0.6) is 11.5 Å². The van der Waals surface area contributed by atoms with Crippen molar-refractivity contribution in [2.24, 2.45) is 0 Å². The predicted octanol–water partition coefficient (Wildman–Crippen LogP) is 5.27. The number of nitrogens with one attached hydrogen (secondary N) is 1. The molecule has 12 heteroatoms. The van der Waals surface area contributed by atoms with Crippen LogP contribution in [0, 0.1) is 0 Å². The summed E-state index contributed by atoms with van der Waals surface area (Å²) >= 11 is 0. The summed E-state index contributed by atoms with van der Waals surface area (Å²) in [5, 5.41) is 13.2. The topological polar surface area (TPSA) is 102 Å². The number of benzene rings is 3. The van der Waals surface area contributed by atoms with Gasteiger partial charge >= 0.3 is 12.5 Å². The number of alkyl halides is 3. The molecular weight excluding hydrogens is 467 g/mol. The molecule has 1 amide bonds. The van der Waals surface area contributed by atoms with E-state index < -0.39 is 12.5 Å². The number of hydrogen-bond acceptors (Lipinski definition) is 7. The number of carbonyl (C=O) groups is 1. The van der Waals surface area contributed by atoms with E-state index in [1.54, 1.807) is 43.4 Å². The minimum Gasteiger partial charge on any atom is -0.410 e. The molecule has 0 aliphatic rings. The van der Waals surface area contributed by atoms with Crippen LogP contribution < -0.4 is 19.9 Å². The molecule has 0 bridgehead atoms. The van der Waals surface area contributed by atoms with Crippen molar-refractivity contribution in [1.82, 2.24) is 14.8 Å². The molecule has 0 atom stereocenters. The van der Waals surface area contributed by atoms with E-state index in [0.717, 1.165) is 0 Å². The van der Waals surface area contributed by atoms with Crippen LogP contribution in [0.25, 0.3) is 17.1 Å². The van der Waals surface area contributed by atoms with E-state index in [-0.39, 0.29) is 5.75 Å². The maximum atomic E-state index is 12.4. The molecule has 4 aromatic rings. The minimum absolute atomic E-state index is 0.310. The number of rotatable bonds is 6. The number of anilines is 2. The number of carbonyl (C=O) groups excluding carboxylic acids is 1. The average molecular weight is 485 g/mol. The molecule has 35 heavy (non-hydrogen) atoms. The quantitative estimate of drug-likeness (QED) is 0.359. The average Bonchev–Trinajstić information content (AvgIpc) is 3.34. The van der Waals surface area contributed by atoms with Gasteiger partial charge in [-0.2, -0.15) is 0 Å². The third kappa shape index (κ3) is 5.86. The maximum absolute atomic E-state index is 12.4. The zero-order valence-electron chi connectivity index (χ0n) is 18.1. The first-order valence-electron chi connectivity index (χ1n) is 10.1. The third-order valence-electron chi connectivity index (χ3n) is 4.80. The first kappa shape index (κ1) is 23.6. The Bertz CT molecular complexity index is 1290. The molecule has 2 N–H and O–H groups in total. The Morgan fingerprint density at radius 2 is 1.60 bits per heavy atom. The Balaban J connectivity index is 1.42. The molecule has 0 aliphatic carbocycles. The number of nitrogens with zero attached hydrogens (tertiary/aromatic N) is 4. The highest BCUT2D eigenvalue weighted by Gasteiger charge is 2.31. The Morgan fingerprint density at radius 3 is 2.20 bits per heavy atom. The Morgan fingerprint density at radius 1 is 0.971 bits per heavy atom. The number of hydrogen-bond donors (Lipinski definition) is 2. The SMILES string of the molecule is CN(C(=O)Oc1ccc(NO)cc1)c1ccc(-c2ncn(-c3ccc(OC(F)(F)F)cc3)n2)cc1. The molecule has 0 saturated heterocycles. The molecular formula is C23H18F3N5O4. The van der Waals surface area contributed by atoms with Crippen molar-refractivity contribution in [3.8, 4) is 28.6 Å². The Hall–Kier alpha value is -4.58. The fraction of sp³-hybridized carbons (Fsp3) is 0.0870. The van der Waals surface area contributed by atoms with Gasteiger partial charge < -0.3 is 9.47 Å². The van der Waals surface area contributed by atoms with Crippen molar-refractivity contribution < 1.29 is 32.6 Å². The molecule has 0 spiro atoms. The fourth-order valence-electron chi connectivity index (χ4n) is 3.03. The van der Waals surface area contributed by atoms with Crippen LogP contribution in [0.15, 0.2) is 79.1 Å². The monoisotopic (exact) mass is 485 g/mol. The standard InChI is InChI=1S/C23H18F3N5O4/c1-30(22(32)34-19-10-4-16(29-33)5-11-19)17-6-2-15(3-7-17)21-27-14-31(28-21)18-8-12-20(13-9-18)35-23(24,25)26/h2-14,29,33H,1H3. The van der Waals surface area contributed by atoms with Crippen LogP contribution in [0.1, 0.15) is 0 Å². The summed E-state index contributed by atoms with van der Waals surface area (Å²) in [7, 11) is 1.56. The lowest BCUT2D eigenvalue weighted by Gasteiger charge is -2.17. The number of halogens is 3. The third-order valence-corrected chi connectivity index (χ3v) is 4.80. The van der Waals surface area contributed by atoms with Crippen molar-refractivity contribution in [3.63, 3.8) is 0 Å². The van der Waals surface area contributed by atoms with E-state index >= 15 is 0 Å². The second-order valence-corrected chi connectivity index (χ2v) is 7.16. The number of ether oxygens (including phenoxy) is 2. The predicted molar refractivity (Wildman–Crippen MR) is 120 cm³/mol. The highest BCUT2D eigenvalue weighted by Crippen LogP contribution is 2.25. The van der Waals surface area contributed by atoms with E-state index in [1.807, 2.05) is 5.48 Å². The van der Waals surface area contributed by atoms with Crippen molar-refractivity contribution >= 4 is 17.5 Å². The van der Waals surface area contributed by atoms with Crippen molar-refractivity contribution in [2.45, 2.75) is 6.36 Å². The number of aromatic nitrogens is 3. The van der Waals surface area contributed by atoms with Gasteiger partial charge in [0.1, 0.15) is 17.8 Å². The van der Waals surface area contributed by atoms with Gasteiger partial charge in [0.15, 0.2) is 5.82 Å². The van der Waals surface area contributed by atoms with Gasteiger partial charge in [-0.05, 0) is 72.8 Å². The molecule has 3 aromatic carbocycles. The molecule has 0 unspecified atom stereocenters. The fourth-order valence-corrected chi connectivity index (χ4v) is 3.03. The summed E-state index contributed by atoms with van der Waals surface area (Å²) in [4.78, 5) is 18.0. The summed E-state index contributed by atoms with van der Waals surface area (Å²) < 4.78 is 47.5. The summed E-state index contributed by atoms with van der Waals surface area (Å²) in [6.45, 7) is 0. The molecule has 1 heterocycles. The minimum atomic E-state index is -4.76. The van der Waals surface area contributed by atoms with Gasteiger partial charge in [-0.3, -0.25) is 15.6 Å². The zero-order valence-corrected chi connectivity index (χ0v) is 18.1. The maximum Gasteiger partial charge on any atom is 0.573 e. The molecule has 1 aromatic heterocycles. The molecule has 9 nitrogen and oxygen atoms in total. The van der Waals surface area contributed by atoms with E-state index in [4.69, 9.17) is 9.94 Å². The van der Waals surface area contributed by atoms with Crippen molar-refractivity contribution in [3.05, 3.63) is 79.1 Å². The highest BCUT2D eigenvalue weighted by molar-refractivity contribution is 5.88. The van der Waals surface area contributed by atoms with E-state index in [0.29, 0.717) is 34.2 Å². The summed E-state index contributed by atoms with van der Waals surface area (Å²) in [6.07, 6.45) is -3.94. The lowest BCUT2D eigenvalue weighted by molar-refractivity contribution is -0.274. The molecule has 4 rings (SSSR count). The Kier molecular flexibility index (Phi) is 6.55. The molecule has 0 radical (unpaired) electrons. The largest absolute Gasteiger partial charge is 0.573 e. The van der Waals surface area contributed by atoms with Crippen LogP contribution in [-0.2, 0) is 0 Å². The van der Waals surface area contributed by atoms with E-state index in [1.165, 1.54) is 52.3 Å². The van der Waals surface area contributed by atoms with Crippen LogP contribution in [-0.4, -0.2) is 39.5 Å². The van der Waals surface area contributed by atoms with Gasteiger partial charge in [0, 0.05) is 18.3 Å². The smallest absolute Gasteiger partial charge is 0.410 e. The second kappa shape index (κ2) is 9.73. The lowest BCUT2D eigenvalue weighted by Crippen LogP contribution is -2.29. The molecule has 0 aliphatic heterocycles. The molecule has 0 fully saturated rings. The van der Waals surface area contributed by atoms with Gasteiger partial charge in [-0.25, -0.2) is 14.5 Å². The van der Waals surface area contributed by atoms with E-state index in [9.17, 15) is 18.0 Å². The van der Waals surface area contributed by atoms with Crippen LogP contribution in [0.4, 0.5) is 29.3 Å². The van der Waals surface area contributed by atoms with Crippen molar-refractivity contribution in [1.29, 1.82) is 0 Å². The Labute approximate surface area is 196 Å². The van der Waals surface area contributed by atoms with E-state index in [2.05, 4.69) is 14.8 Å². The summed E-state index contributed by atoms with van der Waals surface area (Å²) in [5.74, 6) is 0.360. The van der Waals surface area contributed by atoms with Crippen molar-refractivity contribution in [2.75, 3.05) is 17.4 Å². The first-order chi connectivity index (χ1) is 16.7. The van der Waals surface area contributed by atoms with Crippen LogP contribution in [0.3, 0.4) is 0 Å². The number of amides is 1. The summed E-state index contributed by atoms with van der Waals surface area (Å²) in [6, 6.07) is 18.2. The summed E-state index contributed by atoms with van der Waals surface area (Å²) in [5.41, 5.74) is 4.17. The normalized spacial score (nSPS) is 11.1. The highest BCUT2D eigenvalue weighted by atomic mass is 19.4. The van der Waals surface area contributed by atoms with Gasteiger partial charge in [0.05, 0.1) is 11.4 Å². The van der Waals surface area contributed by atoms with Crippen LogP contribution in [0.2, 0.25) is 0 Å². The van der Waals surface area contributed by atoms with Gasteiger partial charge in [-0.1, -0.05) is 0 Å². The first-order valence-corrected chi connectivity index (χ1v) is 10.1. The lowest BCUT2D eigenvalue weighted by atomic mass is 10.2. The van der Waals surface area contributed by atoms with Gasteiger partial charge in [0.25, 0.3) is 0 Å².